The molecular formula is C27H34F9N3O6. The normalized spacial score (nSPS) is 11.9. The Morgan fingerprint density at radius 1 is 0.622 bits per heavy atom. The van der Waals surface area contributed by atoms with Gasteiger partial charge in [0, 0.05) is 18.6 Å². The first-order chi connectivity index (χ1) is 20.6. The van der Waals surface area contributed by atoms with Crippen LogP contribution < -0.4 is 16.8 Å². The Bertz CT molecular complexity index is 1000. The monoisotopic (exact) mass is 667 g/mol. The van der Waals surface area contributed by atoms with Crippen molar-refractivity contribution in [1.82, 2.24) is 5.32 Å². The number of carboxylic acids is 3. The van der Waals surface area contributed by atoms with Crippen LogP contribution in [0.25, 0.3) is 0 Å². The van der Waals surface area contributed by atoms with E-state index in [-0.39, 0.29) is 6.04 Å². The molecule has 0 aliphatic heterocycles. The summed E-state index contributed by atoms with van der Waals surface area (Å²) >= 11 is 0. The van der Waals surface area contributed by atoms with Crippen LogP contribution in [0.5, 0.6) is 0 Å². The molecule has 2 rings (SSSR count). The maximum Gasteiger partial charge on any atom is 0.490 e. The van der Waals surface area contributed by atoms with Crippen LogP contribution in [0.15, 0.2) is 60.7 Å². The lowest BCUT2D eigenvalue weighted by Gasteiger charge is -2.21. The summed E-state index contributed by atoms with van der Waals surface area (Å²) in [5.41, 5.74) is 14.5. The van der Waals surface area contributed by atoms with Crippen LogP contribution in [-0.2, 0) is 27.2 Å². The molecule has 0 saturated heterocycles. The summed E-state index contributed by atoms with van der Waals surface area (Å²) in [5, 5.41) is 25.0. The molecule has 0 aromatic heterocycles. The first kappa shape index (κ1) is 43.2. The Kier molecular flexibility index (Phi) is 20.9. The number of alkyl halides is 9. The van der Waals surface area contributed by atoms with Crippen molar-refractivity contribution in [1.29, 1.82) is 0 Å². The molecular weight excluding hydrogens is 633 g/mol. The standard InChI is InChI=1S/C21H31N3.3C2HF3O2/c22-16-15-20(23)17-24-21(13-11-18-7-3-1-4-8-18)14-12-19-9-5-2-6-10-19;3*3-2(4,5)1(6)7/h1-10,20-21,24H,11-17,22-23H2;3*(H,6,7)/t20-;;;/m0.../s1. The quantitative estimate of drug-likeness (QED) is 0.184. The zero-order valence-electron chi connectivity index (χ0n) is 23.5. The molecule has 2 aromatic carbocycles. The summed E-state index contributed by atoms with van der Waals surface area (Å²) in [6.45, 7) is 1.49. The second kappa shape index (κ2) is 21.7. The van der Waals surface area contributed by atoms with Crippen molar-refractivity contribution in [3.8, 4) is 0 Å². The number of halogens is 9. The van der Waals surface area contributed by atoms with Crippen LogP contribution in [-0.4, -0.2) is 76.9 Å². The van der Waals surface area contributed by atoms with Crippen LogP contribution in [0.1, 0.15) is 30.4 Å². The van der Waals surface area contributed by atoms with Crippen LogP contribution in [0.4, 0.5) is 39.5 Å². The smallest absolute Gasteiger partial charge is 0.475 e. The van der Waals surface area contributed by atoms with Gasteiger partial charge in [0.15, 0.2) is 0 Å². The molecule has 0 unspecified atom stereocenters. The highest BCUT2D eigenvalue weighted by Crippen LogP contribution is 2.15. The van der Waals surface area contributed by atoms with E-state index in [0.29, 0.717) is 12.6 Å². The lowest BCUT2D eigenvalue weighted by Crippen LogP contribution is -2.41. The van der Waals surface area contributed by atoms with Gasteiger partial charge in [0.1, 0.15) is 0 Å². The molecule has 0 spiro atoms. The Labute approximate surface area is 252 Å². The molecule has 0 fully saturated rings. The number of carbonyl (C=O) groups is 3. The molecule has 8 N–H and O–H groups in total. The molecule has 45 heavy (non-hydrogen) atoms. The fourth-order valence-corrected chi connectivity index (χ4v) is 2.95. The van der Waals surface area contributed by atoms with Crippen molar-refractivity contribution >= 4 is 17.9 Å². The molecule has 0 saturated carbocycles. The summed E-state index contributed by atoms with van der Waals surface area (Å²) in [4.78, 5) is 26.7. The number of hydrogen-bond acceptors (Lipinski definition) is 6. The van der Waals surface area contributed by atoms with Crippen molar-refractivity contribution in [2.24, 2.45) is 11.5 Å². The number of aryl methyl sites for hydroxylation is 2. The Balaban J connectivity index is 0. The summed E-state index contributed by atoms with van der Waals surface area (Å²) in [6.07, 6.45) is -9.92. The number of aliphatic carboxylic acids is 3. The van der Waals surface area contributed by atoms with Crippen LogP contribution in [0.2, 0.25) is 0 Å². The van der Waals surface area contributed by atoms with Crippen molar-refractivity contribution < 1.29 is 69.2 Å². The van der Waals surface area contributed by atoms with Crippen molar-refractivity contribution in [3.63, 3.8) is 0 Å². The predicted octanol–water partition coefficient (Wildman–Crippen LogP) is 4.79. The molecule has 0 radical (unpaired) electrons. The van der Waals surface area contributed by atoms with E-state index in [4.69, 9.17) is 41.2 Å². The van der Waals surface area contributed by atoms with E-state index in [0.717, 1.165) is 38.6 Å². The minimum Gasteiger partial charge on any atom is -0.475 e. The van der Waals surface area contributed by atoms with Gasteiger partial charge in [-0.2, -0.15) is 39.5 Å². The highest BCUT2D eigenvalue weighted by Gasteiger charge is 2.39. The fraction of sp³-hybridized carbons (Fsp3) is 0.444. The molecule has 256 valence electrons. The van der Waals surface area contributed by atoms with E-state index >= 15 is 0 Å². The fourth-order valence-electron chi connectivity index (χ4n) is 2.95. The van der Waals surface area contributed by atoms with E-state index < -0.39 is 36.4 Å². The first-order valence-corrected chi connectivity index (χ1v) is 12.8. The minimum atomic E-state index is -5.08. The summed E-state index contributed by atoms with van der Waals surface area (Å²) in [7, 11) is 0. The second-order valence-electron chi connectivity index (χ2n) is 8.90. The predicted molar refractivity (Wildman–Crippen MR) is 144 cm³/mol. The first-order valence-electron chi connectivity index (χ1n) is 12.8. The summed E-state index contributed by atoms with van der Waals surface area (Å²) in [5.74, 6) is -8.27. The van der Waals surface area contributed by atoms with Gasteiger partial charge in [0.05, 0.1) is 0 Å². The van der Waals surface area contributed by atoms with Gasteiger partial charge in [-0.15, -0.1) is 0 Å². The van der Waals surface area contributed by atoms with E-state index in [1.54, 1.807) is 0 Å². The number of nitrogens with two attached hydrogens (primary N) is 2. The molecule has 0 amide bonds. The maximum absolute atomic E-state index is 10.6. The molecule has 18 heteroatoms. The molecule has 9 nitrogen and oxygen atoms in total. The number of nitrogens with one attached hydrogen (secondary N) is 1. The third-order valence-electron chi connectivity index (χ3n) is 5.18. The third-order valence-corrected chi connectivity index (χ3v) is 5.18. The van der Waals surface area contributed by atoms with E-state index in [1.807, 2.05) is 0 Å². The van der Waals surface area contributed by atoms with E-state index in [2.05, 4.69) is 66.0 Å². The van der Waals surface area contributed by atoms with Crippen LogP contribution in [0, 0.1) is 0 Å². The Morgan fingerprint density at radius 2 is 0.911 bits per heavy atom. The lowest BCUT2D eigenvalue weighted by atomic mass is 9.98. The van der Waals surface area contributed by atoms with Crippen molar-refractivity contribution in [2.45, 2.75) is 62.7 Å². The second-order valence-corrected chi connectivity index (χ2v) is 8.90. The SMILES string of the molecule is NCC[C@H](N)CNC(CCc1ccccc1)CCc1ccccc1.O=C(O)C(F)(F)F.O=C(O)C(F)(F)F.O=C(O)C(F)(F)F. The average molecular weight is 668 g/mol. The number of hydrogen-bond donors (Lipinski definition) is 6. The van der Waals surface area contributed by atoms with Gasteiger partial charge in [-0.1, -0.05) is 60.7 Å². The topological polar surface area (TPSA) is 176 Å². The van der Waals surface area contributed by atoms with E-state index in [9.17, 15) is 39.5 Å². The van der Waals surface area contributed by atoms with Crippen LogP contribution in [0.3, 0.4) is 0 Å². The maximum atomic E-state index is 10.6. The number of carboxylic acid groups (broad SMARTS) is 3. The highest BCUT2D eigenvalue weighted by atomic mass is 19.4. The van der Waals surface area contributed by atoms with Gasteiger partial charge in [-0.25, -0.2) is 14.4 Å². The third kappa shape index (κ3) is 25.2. The molecule has 0 bridgehead atoms. The van der Waals surface area contributed by atoms with Gasteiger partial charge in [0.25, 0.3) is 0 Å². The molecule has 2 aromatic rings. The minimum absolute atomic E-state index is 0.144. The molecule has 0 heterocycles. The van der Waals surface area contributed by atoms with E-state index in [1.165, 1.54) is 11.1 Å². The number of benzene rings is 2. The number of rotatable bonds is 11. The largest absolute Gasteiger partial charge is 0.490 e. The summed E-state index contributed by atoms with van der Waals surface area (Å²) < 4.78 is 95.2. The molecule has 1 atom stereocenters. The highest BCUT2D eigenvalue weighted by molar-refractivity contribution is 5.73. The Morgan fingerprint density at radius 3 is 1.16 bits per heavy atom. The van der Waals surface area contributed by atoms with Gasteiger partial charge < -0.3 is 32.1 Å². The summed E-state index contributed by atoms with van der Waals surface area (Å²) in [6, 6.07) is 22.0. The van der Waals surface area contributed by atoms with Gasteiger partial charge in [-0.3, -0.25) is 0 Å². The zero-order valence-corrected chi connectivity index (χ0v) is 23.5. The zero-order chi connectivity index (χ0) is 35.3. The van der Waals surface area contributed by atoms with Gasteiger partial charge in [-0.05, 0) is 49.8 Å². The van der Waals surface area contributed by atoms with Crippen molar-refractivity contribution in [2.75, 3.05) is 13.1 Å². The van der Waals surface area contributed by atoms with Crippen molar-refractivity contribution in [3.05, 3.63) is 71.8 Å². The lowest BCUT2D eigenvalue weighted by molar-refractivity contribution is -0.193. The average Bonchev–Trinajstić information content (AvgIpc) is 2.93. The van der Waals surface area contributed by atoms with Gasteiger partial charge >= 0.3 is 36.4 Å². The Hall–Kier alpha value is -3.90. The van der Waals surface area contributed by atoms with Crippen LogP contribution >= 0.6 is 0 Å². The molecule has 0 aliphatic carbocycles. The van der Waals surface area contributed by atoms with Gasteiger partial charge in [0.2, 0.25) is 0 Å². The molecule has 0 aliphatic rings.